The molecule has 0 heteroatoms. The van der Waals surface area contributed by atoms with Crippen LogP contribution in [0.1, 0.15) is 20.3 Å². The number of fused-ring (bicyclic) bond motifs is 2. The smallest absolute Gasteiger partial charge is 0.00920 e. The Labute approximate surface area is 96.3 Å². The first kappa shape index (κ1) is 9.65. The van der Waals surface area contributed by atoms with Crippen LogP contribution < -0.4 is 10.4 Å². The zero-order valence-corrected chi connectivity index (χ0v) is 9.83. The second-order valence-electron chi connectivity index (χ2n) is 4.69. The van der Waals surface area contributed by atoms with Crippen LogP contribution in [0.15, 0.2) is 48.1 Å². The van der Waals surface area contributed by atoms with Crippen LogP contribution in [0.3, 0.4) is 0 Å². The van der Waals surface area contributed by atoms with Gasteiger partial charge in [0, 0.05) is 5.92 Å². The third kappa shape index (κ3) is 1.23. The molecule has 0 bridgehead atoms. The molecule has 0 radical (unpaired) electrons. The van der Waals surface area contributed by atoms with Crippen LogP contribution in [0.2, 0.25) is 0 Å². The Bertz CT molecular complexity index is 612. The molecule has 16 heavy (non-hydrogen) atoms. The minimum Gasteiger partial charge on any atom is -0.0836 e. The number of hydrogen-bond acceptors (Lipinski definition) is 0. The maximum absolute atomic E-state index is 2.28. The van der Waals surface area contributed by atoms with E-state index in [1.54, 1.807) is 0 Å². The van der Waals surface area contributed by atoms with E-state index in [9.17, 15) is 0 Å². The van der Waals surface area contributed by atoms with E-state index in [2.05, 4.69) is 56.3 Å². The SMILES string of the molecule is CC1=c2ccccc2=C(C)C2CC=CC=C12. The first-order valence-electron chi connectivity index (χ1n) is 5.93. The van der Waals surface area contributed by atoms with Gasteiger partial charge in [-0.15, -0.1) is 0 Å². The first-order chi connectivity index (χ1) is 7.79. The van der Waals surface area contributed by atoms with Crippen molar-refractivity contribution in [1.29, 1.82) is 0 Å². The molecule has 0 fully saturated rings. The van der Waals surface area contributed by atoms with Crippen LogP contribution >= 0.6 is 0 Å². The molecular weight excluding hydrogens is 192 g/mol. The van der Waals surface area contributed by atoms with Gasteiger partial charge >= 0.3 is 0 Å². The molecule has 1 aromatic rings. The lowest BCUT2D eigenvalue weighted by atomic mass is 9.77. The van der Waals surface area contributed by atoms with Crippen molar-refractivity contribution in [3.63, 3.8) is 0 Å². The summed E-state index contributed by atoms with van der Waals surface area (Å²) in [6, 6.07) is 8.77. The van der Waals surface area contributed by atoms with Crippen LogP contribution in [0.5, 0.6) is 0 Å². The highest BCUT2D eigenvalue weighted by molar-refractivity contribution is 5.74. The molecule has 3 rings (SSSR count). The van der Waals surface area contributed by atoms with E-state index >= 15 is 0 Å². The van der Waals surface area contributed by atoms with Crippen molar-refractivity contribution in [2.45, 2.75) is 20.3 Å². The maximum Gasteiger partial charge on any atom is 0.00920 e. The lowest BCUT2D eigenvalue weighted by molar-refractivity contribution is 0.789. The van der Waals surface area contributed by atoms with Gasteiger partial charge in [-0.25, -0.2) is 0 Å². The zero-order chi connectivity index (χ0) is 11.1. The normalized spacial score (nSPS) is 22.6. The van der Waals surface area contributed by atoms with Gasteiger partial charge in [-0.1, -0.05) is 48.1 Å². The predicted octanol–water partition coefficient (Wildman–Crippen LogP) is 2.54. The predicted molar refractivity (Wildman–Crippen MR) is 69.2 cm³/mol. The monoisotopic (exact) mass is 208 g/mol. The molecule has 0 amide bonds. The van der Waals surface area contributed by atoms with E-state index in [1.165, 1.54) is 27.2 Å². The summed E-state index contributed by atoms with van der Waals surface area (Å²) < 4.78 is 0. The van der Waals surface area contributed by atoms with Gasteiger partial charge in [0.1, 0.15) is 0 Å². The summed E-state index contributed by atoms with van der Waals surface area (Å²) in [6.07, 6.45) is 7.90. The summed E-state index contributed by atoms with van der Waals surface area (Å²) in [7, 11) is 0. The molecule has 0 saturated heterocycles. The molecule has 2 aliphatic carbocycles. The Morgan fingerprint density at radius 2 is 1.81 bits per heavy atom. The average molecular weight is 208 g/mol. The van der Waals surface area contributed by atoms with Crippen molar-refractivity contribution in [2.75, 3.05) is 0 Å². The lowest BCUT2D eigenvalue weighted by Gasteiger charge is -2.27. The van der Waals surface area contributed by atoms with Gasteiger partial charge in [0.25, 0.3) is 0 Å². The van der Waals surface area contributed by atoms with Crippen LogP contribution in [-0.2, 0) is 0 Å². The van der Waals surface area contributed by atoms with Gasteiger partial charge in [-0.05, 0) is 41.9 Å². The third-order valence-electron chi connectivity index (χ3n) is 3.87. The Hall–Kier alpha value is -1.56. The van der Waals surface area contributed by atoms with E-state index in [1.807, 2.05) is 0 Å². The van der Waals surface area contributed by atoms with Crippen molar-refractivity contribution in [3.05, 3.63) is 58.5 Å². The summed E-state index contributed by atoms with van der Waals surface area (Å²) in [4.78, 5) is 0. The standard InChI is InChI=1S/C16H16/c1-11-13-7-3-5-9-15(13)12(2)16-10-6-4-8-14(11)16/h3-9,16H,10H2,1-2H3. The quantitative estimate of drug-likeness (QED) is 0.614. The van der Waals surface area contributed by atoms with E-state index in [0.717, 1.165) is 6.42 Å². The molecule has 2 aliphatic rings. The number of hydrogen-bond donors (Lipinski definition) is 0. The molecule has 0 spiro atoms. The first-order valence-corrected chi connectivity index (χ1v) is 5.93. The summed E-state index contributed by atoms with van der Waals surface area (Å²) in [6.45, 7) is 4.53. The number of benzene rings is 1. The molecule has 1 atom stereocenters. The van der Waals surface area contributed by atoms with Gasteiger partial charge in [0.05, 0.1) is 0 Å². The van der Waals surface area contributed by atoms with Crippen LogP contribution in [-0.4, -0.2) is 0 Å². The fourth-order valence-corrected chi connectivity index (χ4v) is 2.92. The maximum atomic E-state index is 2.28. The Kier molecular flexibility index (Phi) is 2.10. The molecular formula is C16H16. The zero-order valence-electron chi connectivity index (χ0n) is 9.83. The fraction of sp³-hybridized carbons (Fsp3) is 0.250. The molecule has 0 aliphatic heterocycles. The highest BCUT2D eigenvalue weighted by Gasteiger charge is 2.22. The summed E-state index contributed by atoms with van der Waals surface area (Å²) >= 11 is 0. The molecule has 1 aromatic carbocycles. The number of rotatable bonds is 0. The van der Waals surface area contributed by atoms with E-state index < -0.39 is 0 Å². The molecule has 0 saturated carbocycles. The highest BCUT2D eigenvalue weighted by Crippen LogP contribution is 2.33. The Morgan fingerprint density at radius 1 is 1.06 bits per heavy atom. The van der Waals surface area contributed by atoms with E-state index in [0.29, 0.717) is 5.92 Å². The molecule has 1 unspecified atom stereocenters. The van der Waals surface area contributed by atoms with Gasteiger partial charge in [0.15, 0.2) is 0 Å². The van der Waals surface area contributed by atoms with Gasteiger partial charge in [-0.3, -0.25) is 0 Å². The molecule has 0 aromatic heterocycles. The molecule has 0 heterocycles. The lowest BCUT2D eigenvalue weighted by Crippen LogP contribution is -2.35. The fourth-order valence-electron chi connectivity index (χ4n) is 2.92. The highest BCUT2D eigenvalue weighted by atomic mass is 14.3. The van der Waals surface area contributed by atoms with Crippen molar-refractivity contribution in [3.8, 4) is 0 Å². The summed E-state index contributed by atoms with van der Waals surface area (Å²) in [5, 5.41) is 2.86. The van der Waals surface area contributed by atoms with Crippen molar-refractivity contribution >= 4 is 11.1 Å². The second-order valence-corrected chi connectivity index (χ2v) is 4.69. The Balaban J connectivity index is 2.45. The van der Waals surface area contributed by atoms with E-state index in [4.69, 9.17) is 0 Å². The summed E-state index contributed by atoms with van der Waals surface area (Å²) in [5.74, 6) is 0.611. The molecule has 0 nitrogen and oxygen atoms in total. The average Bonchev–Trinajstić information content (AvgIpc) is 2.36. The van der Waals surface area contributed by atoms with Crippen molar-refractivity contribution in [1.82, 2.24) is 0 Å². The topological polar surface area (TPSA) is 0 Å². The molecule has 0 N–H and O–H groups in total. The van der Waals surface area contributed by atoms with Gasteiger partial charge in [0.2, 0.25) is 0 Å². The van der Waals surface area contributed by atoms with Crippen LogP contribution in [0, 0.1) is 5.92 Å². The summed E-state index contributed by atoms with van der Waals surface area (Å²) in [5.41, 5.74) is 4.49. The molecule has 80 valence electrons. The second kappa shape index (κ2) is 3.48. The number of allylic oxidation sites excluding steroid dienone is 4. The van der Waals surface area contributed by atoms with E-state index in [-0.39, 0.29) is 0 Å². The minimum absolute atomic E-state index is 0.611. The van der Waals surface area contributed by atoms with Crippen LogP contribution in [0.25, 0.3) is 11.1 Å². The third-order valence-corrected chi connectivity index (χ3v) is 3.87. The van der Waals surface area contributed by atoms with Crippen molar-refractivity contribution < 1.29 is 0 Å². The largest absolute Gasteiger partial charge is 0.0836 e. The van der Waals surface area contributed by atoms with Crippen molar-refractivity contribution in [2.24, 2.45) is 5.92 Å². The van der Waals surface area contributed by atoms with Gasteiger partial charge in [-0.2, -0.15) is 0 Å². The Morgan fingerprint density at radius 3 is 2.62 bits per heavy atom. The van der Waals surface area contributed by atoms with Gasteiger partial charge < -0.3 is 0 Å². The minimum atomic E-state index is 0.611. The van der Waals surface area contributed by atoms with Crippen LogP contribution in [0.4, 0.5) is 0 Å².